The van der Waals surface area contributed by atoms with Crippen LogP contribution >= 0.6 is 10.8 Å². The van der Waals surface area contributed by atoms with Gasteiger partial charge in [0, 0.05) is 31.4 Å². The zero-order valence-corrected chi connectivity index (χ0v) is 18.3. The molecule has 0 aliphatic carbocycles. The number of hydrogen-bond donors (Lipinski definition) is 3. The number of hydrogen-bond acceptors (Lipinski definition) is 7. The minimum atomic E-state index is -2.58. The first-order valence-electron chi connectivity index (χ1n) is 10.6. The summed E-state index contributed by atoms with van der Waals surface area (Å²) in [6, 6.07) is 8.00. The number of benzene rings is 1. The summed E-state index contributed by atoms with van der Waals surface area (Å²) in [5, 5.41) is 1.04. The van der Waals surface area contributed by atoms with E-state index < -0.39 is 10.8 Å². The third kappa shape index (κ3) is 4.26. The molecular weight excluding hydrogens is 402 g/mol. The molecule has 0 unspecified atom stereocenters. The first-order chi connectivity index (χ1) is 14.5. The molecule has 9 heteroatoms. The van der Waals surface area contributed by atoms with Gasteiger partial charge < -0.3 is 15.0 Å². The van der Waals surface area contributed by atoms with Crippen LogP contribution < -0.4 is 5.73 Å². The number of ether oxygens (including phenoxy) is 1. The average molecular weight is 434 g/mol. The second kappa shape index (κ2) is 9.07. The fraction of sp³-hybridized carbons (Fsp3) is 0.524. The molecule has 0 radical (unpaired) electrons. The van der Waals surface area contributed by atoms with E-state index in [1.54, 1.807) is 4.31 Å². The van der Waals surface area contributed by atoms with Gasteiger partial charge in [-0.2, -0.15) is 0 Å². The summed E-state index contributed by atoms with van der Waals surface area (Å²) in [7, 11) is -2.58. The molecule has 1 aromatic carbocycles. The molecule has 0 saturated carbocycles. The molecule has 2 aromatic heterocycles. The highest BCUT2D eigenvalue weighted by Crippen LogP contribution is 2.47. The second-order valence-electron chi connectivity index (χ2n) is 7.73. The summed E-state index contributed by atoms with van der Waals surface area (Å²) in [6.45, 7) is 5.08. The smallest absolute Gasteiger partial charge is 0.152 e. The largest absolute Gasteiger partial charge is 0.382 e. The molecule has 0 spiro atoms. The van der Waals surface area contributed by atoms with Gasteiger partial charge in [-0.15, -0.1) is 10.8 Å². The molecule has 1 aliphatic heterocycles. The zero-order valence-electron chi connectivity index (χ0n) is 17.5. The summed E-state index contributed by atoms with van der Waals surface area (Å²) in [6.07, 6.45) is 3.86. The Hall–Kier alpha value is -1.91. The highest BCUT2D eigenvalue weighted by Gasteiger charge is 2.28. The van der Waals surface area contributed by atoms with E-state index in [2.05, 4.69) is 22.5 Å². The van der Waals surface area contributed by atoms with Gasteiger partial charge in [0.05, 0.1) is 30.0 Å². The van der Waals surface area contributed by atoms with Gasteiger partial charge in [0.25, 0.3) is 0 Å². The van der Waals surface area contributed by atoms with E-state index in [0.717, 1.165) is 60.0 Å². The van der Waals surface area contributed by atoms with Crippen LogP contribution in [0.2, 0.25) is 0 Å². The predicted octanol–water partition coefficient (Wildman–Crippen LogP) is 3.90. The SMILES string of the molecule is CCCCc1nc2c(N)nc3ccccc3c2n1CCOCCN1CCCS1(O)O. The molecule has 1 fully saturated rings. The Morgan fingerprint density at radius 3 is 2.73 bits per heavy atom. The van der Waals surface area contributed by atoms with Gasteiger partial charge in [-0.3, -0.25) is 9.11 Å². The van der Waals surface area contributed by atoms with Crippen LogP contribution in [0.5, 0.6) is 0 Å². The van der Waals surface area contributed by atoms with Crippen LogP contribution in [-0.2, 0) is 17.7 Å². The van der Waals surface area contributed by atoms with Crippen molar-refractivity contribution in [2.45, 2.75) is 39.2 Å². The van der Waals surface area contributed by atoms with E-state index in [1.807, 2.05) is 18.2 Å². The van der Waals surface area contributed by atoms with Crippen LogP contribution in [-0.4, -0.2) is 60.0 Å². The molecule has 3 aromatic rings. The minimum absolute atomic E-state index is 0.459. The number of nitrogens with two attached hydrogens (primary N) is 1. The lowest BCUT2D eigenvalue weighted by Crippen LogP contribution is -2.27. The van der Waals surface area contributed by atoms with Crippen molar-refractivity contribution in [3.8, 4) is 0 Å². The van der Waals surface area contributed by atoms with Crippen LogP contribution in [0, 0.1) is 0 Å². The lowest BCUT2D eigenvalue weighted by atomic mass is 10.2. The monoisotopic (exact) mass is 433 g/mol. The van der Waals surface area contributed by atoms with Crippen molar-refractivity contribution in [3.63, 3.8) is 0 Å². The zero-order chi connectivity index (χ0) is 21.1. The van der Waals surface area contributed by atoms with E-state index in [-0.39, 0.29) is 0 Å². The molecule has 0 atom stereocenters. The Morgan fingerprint density at radius 2 is 1.97 bits per heavy atom. The van der Waals surface area contributed by atoms with Crippen LogP contribution in [0.4, 0.5) is 5.82 Å². The van der Waals surface area contributed by atoms with Crippen molar-refractivity contribution in [1.82, 2.24) is 18.8 Å². The van der Waals surface area contributed by atoms with E-state index in [9.17, 15) is 9.11 Å². The standard InChI is InChI=1S/C21H31N5O3S/c1-2-3-9-18-24-19-20(16-7-4-5-8-17(16)23-21(19)22)26(18)12-14-29-13-11-25-10-6-15-30(25,27)28/h4-5,7-8,27-28H,2-3,6,9-15H2,1H3,(H2,22,23). The number of nitrogens with zero attached hydrogens (tertiary/aromatic N) is 4. The molecule has 1 saturated heterocycles. The average Bonchev–Trinajstić information content (AvgIpc) is 3.26. The van der Waals surface area contributed by atoms with Crippen molar-refractivity contribution in [3.05, 3.63) is 30.1 Å². The van der Waals surface area contributed by atoms with E-state index in [1.165, 1.54) is 0 Å². The first kappa shape index (κ1) is 21.3. The molecule has 4 N–H and O–H groups in total. The topological polar surface area (TPSA) is 110 Å². The first-order valence-corrected chi connectivity index (χ1v) is 12.3. The van der Waals surface area contributed by atoms with Gasteiger partial charge in [-0.1, -0.05) is 31.5 Å². The fourth-order valence-corrected chi connectivity index (χ4v) is 5.63. The van der Waals surface area contributed by atoms with Crippen LogP contribution in [0.1, 0.15) is 32.0 Å². The maximum Gasteiger partial charge on any atom is 0.152 e. The van der Waals surface area contributed by atoms with Gasteiger partial charge >= 0.3 is 0 Å². The van der Waals surface area contributed by atoms with E-state index in [0.29, 0.717) is 37.9 Å². The number of rotatable bonds is 9. The number of nitrogen functional groups attached to an aromatic ring is 1. The Labute approximate surface area is 178 Å². The Kier molecular flexibility index (Phi) is 6.45. The van der Waals surface area contributed by atoms with Crippen molar-refractivity contribution in [1.29, 1.82) is 0 Å². The number of pyridine rings is 1. The second-order valence-corrected chi connectivity index (χ2v) is 9.92. The number of para-hydroxylation sites is 1. The van der Waals surface area contributed by atoms with Gasteiger partial charge in [0.1, 0.15) is 11.3 Å². The van der Waals surface area contributed by atoms with Gasteiger partial charge in [0.2, 0.25) is 0 Å². The Bertz CT molecular complexity index is 1020. The number of fused-ring (bicyclic) bond motifs is 3. The fourth-order valence-electron chi connectivity index (χ4n) is 4.06. The third-order valence-electron chi connectivity index (χ3n) is 5.63. The summed E-state index contributed by atoms with van der Waals surface area (Å²) in [4.78, 5) is 9.36. The lowest BCUT2D eigenvalue weighted by molar-refractivity contribution is 0.115. The molecule has 30 heavy (non-hydrogen) atoms. The summed E-state index contributed by atoms with van der Waals surface area (Å²) < 4.78 is 29.8. The predicted molar refractivity (Wildman–Crippen MR) is 123 cm³/mol. The molecule has 1 aliphatic rings. The van der Waals surface area contributed by atoms with Crippen molar-refractivity contribution in [2.24, 2.45) is 0 Å². The number of unbranched alkanes of at least 4 members (excludes halogenated alkanes) is 1. The minimum Gasteiger partial charge on any atom is -0.382 e. The summed E-state index contributed by atoms with van der Waals surface area (Å²) in [5.74, 6) is 1.94. The number of anilines is 1. The van der Waals surface area contributed by atoms with Gasteiger partial charge in [-0.05, 0) is 18.9 Å². The van der Waals surface area contributed by atoms with Gasteiger partial charge in [0.15, 0.2) is 5.82 Å². The summed E-state index contributed by atoms with van der Waals surface area (Å²) >= 11 is 0. The highest BCUT2D eigenvalue weighted by atomic mass is 32.3. The van der Waals surface area contributed by atoms with E-state index in [4.69, 9.17) is 15.5 Å². The van der Waals surface area contributed by atoms with Crippen molar-refractivity contribution >= 4 is 38.5 Å². The molecule has 3 heterocycles. The summed E-state index contributed by atoms with van der Waals surface area (Å²) in [5.41, 5.74) is 8.87. The van der Waals surface area contributed by atoms with Crippen LogP contribution in [0.15, 0.2) is 24.3 Å². The molecule has 8 nitrogen and oxygen atoms in total. The molecule has 0 amide bonds. The number of aromatic nitrogens is 3. The lowest BCUT2D eigenvalue weighted by Gasteiger charge is -2.36. The highest BCUT2D eigenvalue weighted by molar-refractivity contribution is 8.22. The Balaban J connectivity index is 1.52. The van der Waals surface area contributed by atoms with Crippen LogP contribution in [0.3, 0.4) is 0 Å². The molecule has 0 bridgehead atoms. The quantitative estimate of drug-likeness (QED) is 0.439. The molecule has 4 rings (SSSR count). The maximum atomic E-state index is 10.0. The van der Waals surface area contributed by atoms with E-state index >= 15 is 0 Å². The van der Waals surface area contributed by atoms with Gasteiger partial charge in [-0.25, -0.2) is 14.3 Å². The molecular formula is C21H31N5O3S. The third-order valence-corrected chi connectivity index (χ3v) is 7.66. The van der Waals surface area contributed by atoms with Crippen molar-refractivity contribution < 1.29 is 13.8 Å². The molecule has 164 valence electrons. The number of aryl methyl sites for hydroxylation is 1. The normalized spacial score (nSPS) is 17.8. The Morgan fingerprint density at radius 1 is 1.17 bits per heavy atom. The maximum absolute atomic E-state index is 10.0. The number of imidazole rings is 1. The van der Waals surface area contributed by atoms with Crippen LogP contribution in [0.25, 0.3) is 21.9 Å². The van der Waals surface area contributed by atoms with Crippen molar-refractivity contribution in [2.75, 3.05) is 37.8 Å².